The quantitative estimate of drug-likeness (QED) is 0.301. The Labute approximate surface area is 201 Å². The first-order valence-electron chi connectivity index (χ1n) is 11.8. The van der Waals surface area contributed by atoms with Crippen LogP contribution in [0.1, 0.15) is 37.8 Å². The topological polar surface area (TPSA) is 110 Å². The summed E-state index contributed by atoms with van der Waals surface area (Å²) in [6.07, 6.45) is 3.34. The molecule has 1 fully saturated rings. The minimum absolute atomic E-state index is 0.1000. The van der Waals surface area contributed by atoms with Crippen LogP contribution in [0.3, 0.4) is 0 Å². The van der Waals surface area contributed by atoms with Crippen LogP contribution in [0, 0.1) is 0 Å². The lowest BCUT2D eigenvalue weighted by atomic mass is 10.00. The molecule has 3 N–H and O–H groups in total. The molecule has 0 aromatic heterocycles. The Morgan fingerprint density at radius 1 is 1.21 bits per heavy atom. The van der Waals surface area contributed by atoms with Gasteiger partial charge in [-0.05, 0) is 37.3 Å². The van der Waals surface area contributed by atoms with E-state index in [4.69, 9.17) is 0 Å². The van der Waals surface area contributed by atoms with Crippen molar-refractivity contribution in [3.8, 4) is 0 Å². The summed E-state index contributed by atoms with van der Waals surface area (Å²) >= 11 is 0. The lowest BCUT2D eigenvalue weighted by Gasteiger charge is -2.30. The molecule has 2 heterocycles. The average Bonchev–Trinajstić information content (AvgIpc) is 2.82. The van der Waals surface area contributed by atoms with Crippen LogP contribution in [-0.2, 0) is 22.6 Å². The Kier molecular flexibility index (Phi) is 9.35. The van der Waals surface area contributed by atoms with Crippen molar-refractivity contribution in [2.75, 3.05) is 32.7 Å². The van der Waals surface area contributed by atoms with Crippen LogP contribution in [0.25, 0.3) is 0 Å². The molecule has 0 unspecified atom stereocenters. The minimum atomic E-state index is -0.667. The number of aliphatic hydroxyl groups is 1. The van der Waals surface area contributed by atoms with E-state index < -0.39 is 6.10 Å². The molecule has 2 amide bonds. The highest BCUT2D eigenvalue weighted by atomic mass is 16.3. The van der Waals surface area contributed by atoms with Crippen LogP contribution in [0.2, 0.25) is 0 Å². The van der Waals surface area contributed by atoms with Gasteiger partial charge in [0.25, 0.3) is 5.91 Å². The number of aliphatic hydroxyl groups excluding tert-OH is 1. The number of carbonyl (C=O) groups is 2. The van der Waals surface area contributed by atoms with E-state index in [0.29, 0.717) is 25.5 Å². The zero-order chi connectivity index (χ0) is 24.5. The van der Waals surface area contributed by atoms with Gasteiger partial charge in [-0.1, -0.05) is 30.8 Å². The van der Waals surface area contributed by atoms with E-state index in [1.807, 2.05) is 11.0 Å². The van der Waals surface area contributed by atoms with E-state index in [0.717, 1.165) is 32.4 Å². The highest BCUT2D eigenvalue weighted by molar-refractivity contribution is 5.96. The smallest absolute Gasteiger partial charge is 0.267 e. The van der Waals surface area contributed by atoms with Crippen LogP contribution in [0.15, 0.2) is 46.5 Å². The summed E-state index contributed by atoms with van der Waals surface area (Å²) in [6.45, 7) is 10.9. The molecule has 9 heteroatoms. The van der Waals surface area contributed by atoms with Crippen molar-refractivity contribution >= 4 is 24.0 Å². The fourth-order valence-corrected chi connectivity index (χ4v) is 4.27. The van der Waals surface area contributed by atoms with Crippen molar-refractivity contribution in [3.63, 3.8) is 0 Å². The number of likely N-dealkylation sites (tertiary alicyclic amines) is 1. The molecule has 0 radical (unpaired) electrons. The molecule has 34 heavy (non-hydrogen) atoms. The molecule has 1 aromatic carbocycles. The standard InChI is InChI=1S/C25H36N6O3/c1-18(27-17-28-19(2)29-23-9-12-31(13-10-23)20(3)32)25(34)26-14-24(33)16-30-11-8-21-6-4-5-7-22(21)15-30/h4-7,17,23-24,33H,1,8-16H2,2-3H3,(H,26,34)(H,27,28,29)/t24-/m0/s1. The third-order valence-corrected chi connectivity index (χ3v) is 6.22. The number of benzene rings is 1. The van der Waals surface area contributed by atoms with Gasteiger partial charge in [0.1, 0.15) is 5.84 Å². The molecule has 9 nitrogen and oxygen atoms in total. The first-order chi connectivity index (χ1) is 16.3. The third-order valence-electron chi connectivity index (χ3n) is 6.22. The second-order valence-corrected chi connectivity index (χ2v) is 8.91. The Morgan fingerprint density at radius 3 is 2.62 bits per heavy atom. The van der Waals surface area contributed by atoms with Gasteiger partial charge in [0.15, 0.2) is 0 Å². The molecule has 2 aliphatic rings. The maximum absolute atomic E-state index is 12.3. The highest BCUT2D eigenvalue weighted by Crippen LogP contribution is 2.18. The molecule has 1 saturated heterocycles. The zero-order valence-corrected chi connectivity index (χ0v) is 20.2. The molecule has 0 saturated carbocycles. The first-order valence-corrected chi connectivity index (χ1v) is 11.8. The minimum Gasteiger partial charge on any atom is -0.390 e. The molecule has 0 bridgehead atoms. The van der Waals surface area contributed by atoms with Gasteiger partial charge >= 0.3 is 0 Å². The predicted molar refractivity (Wildman–Crippen MR) is 134 cm³/mol. The highest BCUT2D eigenvalue weighted by Gasteiger charge is 2.20. The Hall–Kier alpha value is -3.04. The fourth-order valence-electron chi connectivity index (χ4n) is 4.27. The maximum Gasteiger partial charge on any atom is 0.267 e. The van der Waals surface area contributed by atoms with Crippen molar-refractivity contribution in [2.45, 2.75) is 51.8 Å². The van der Waals surface area contributed by atoms with Crippen LogP contribution in [0.5, 0.6) is 0 Å². The molecule has 1 aromatic rings. The number of β-amino-alcohol motifs (C(OH)–C–C–N with tert-alkyl or cyclic N) is 1. The summed E-state index contributed by atoms with van der Waals surface area (Å²) in [5, 5.41) is 15.8. The van der Waals surface area contributed by atoms with Gasteiger partial charge in [0.2, 0.25) is 5.91 Å². The fraction of sp³-hybridized carbons (Fsp3) is 0.520. The van der Waals surface area contributed by atoms with Crippen LogP contribution >= 0.6 is 0 Å². The monoisotopic (exact) mass is 468 g/mol. The molecular weight excluding hydrogens is 432 g/mol. The average molecular weight is 469 g/mol. The van der Waals surface area contributed by atoms with E-state index in [2.05, 4.69) is 50.3 Å². The van der Waals surface area contributed by atoms with Crippen LogP contribution in [-0.4, -0.2) is 83.8 Å². The summed E-state index contributed by atoms with van der Waals surface area (Å²) in [5.74, 6) is 0.309. The second-order valence-electron chi connectivity index (χ2n) is 8.91. The number of hydrogen-bond donors (Lipinski definition) is 3. The number of nitrogens with zero attached hydrogens (tertiary/aromatic N) is 4. The molecule has 0 aliphatic carbocycles. The SMILES string of the molecule is C=C(NC=NC(C)=NC1CCN(C(C)=O)CC1)C(=O)NC[C@H](O)CN1CCc2ccccc2C1. The molecule has 1 atom stereocenters. The predicted octanol–water partition coefficient (Wildman–Crippen LogP) is 1.08. The zero-order valence-electron chi connectivity index (χ0n) is 20.2. The number of piperidine rings is 1. The van der Waals surface area contributed by atoms with Crippen molar-refractivity contribution < 1.29 is 14.7 Å². The van der Waals surface area contributed by atoms with Crippen molar-refractivity contribution in [1.82, 2.24) is 20.4 Å². The van der Waals surface area contributed by atoms with Gasteiger partial charge < -0.3 is 20.6 Å². The van der Waals surface area contributed by atoms with Gasteiger partial charge in [-0.25, -0.2) is 4.99 Å². The third kappa shape index (κ3) is 7.78. The summed E-state index contributed by atoms with van der Waals surface area (Å²) < 4.78 is 0. The Balaban J connectivity index is 1.34. The van der Waals surface area contributed by atoms with E-state index in [1.165, 1.54) is 17.5 Å². The molecule has 184 valence electrons. The van der Waals surface area contributed by atoms with Crippen molar-refractivity contribution in [1.29, 1.82) is 0 Å². The van der Waals surface area contributed by atoms with E-state index in [-0.39, 0.29) is 30.1 Å². The Morgan fingerprint density at radius 2 is 1.91 bits per heavy atom. The summed E-state index contributed by atoms with van der Waals surface area (Å²) in [5.41, 5.74) is 2.80. The molecular formula is C25H36N6O3. The van der Waals surface area contributed by atoms with E-state index >= 15 is 0 Å². The lowest BCUT2D eigenvalue weighted by Crippen LogP contribution is -2.43. The number of amidine groups is 1. The number of hydrogen-bond acceptors (Lipinski definition) is 5. The molecule has 3 rings (SSSR count). The normalized spacial score (nSPS) is 18.4. The van der Waals surface area contributed by atoms with Gasteiger partial charge in [-0.3, -0.25) is 19.5 Å². The van der Waals surface area contributed by atoms with E-state index in [9.17, 15) is 14.7 Å². The maximum atomic E-state index is 12.3. The number of nitrogens with one attached hydrogen (secondary N) is 2. The number of fused-ring (bicyclic) bond motifs is 1. The number of amides is 2. The van der Waals surface area contributed by atoms with Gasteiger partial charge in [-0.2, -0.15) is 0 Å². The van der Waals surface area contributed by atoms with Crippen LogP contribution < -0.4 is 10.6 Å². The van der Waals surface area contributed by atoms with Gasteiger partial charge in [0, 0.05) is 46.2 Å². The summed E-state index contributed by atoms with van der Waals surface area (Å²) in [6, 6.07) is 8.51. The largest absolute Gasteiger partial charge is 0.390 e. The number of carbonyl (C=O) groups excluding carboxylic acids is 2. The van der Waals surface area contributed by atoms with Crippen LogP contribution in [0.4, 0.5) is 0 Å². The lowest BCUT2D eigenvalue weighted by molar-refractivity contribution is -0.129. The van der Waals surface area contributed by atoms with E-state index in [1.54, 1.807) is 13.8 Å². The second kappa shape index (κ2) is 12.4. The summed E-state index contributed by atoms with van der Waals surface area (Å²) in [4.78, 5) is 36.5. The number of rotatable bonds is 8. The van der Waals surface area contributed by atoms with Gasteiger partial charge in [0.05, 0.1) is 24.2 Å². The molecule has 2 aliphatic heterocycles. The van der Waals surface area contributed by atoms with Gasteiger partial charge in [-0.15, -0.1) is 0 Å². The van der Waals surface area contributed by atoms with Crippen molar-refractivity contribution in [2.24, 2.45) is 9.98 Å². The summed E-state index contributed by atoms with van der Waals surface area (Å²) in [7, 11) is 0. The van der Waals surface area contributed by atoms with Crippen molar-refractivity contribution in [3.05, 3.63) is 47.7 Å². The molecule has 0 spiro atoms. The first kappa shape index (κ1) is 25.6. The Bertz CT molecular complexity index is 936. The number of aliphatic imine (C=N–C) groups is 2.